The number of aliphatic carboxylic acids is 1. The summed E-state index contributed by atoms with van der Waals surface area (Å²) in [4.78, 5) is 21.1. The number of rotatable bonds is 16. The van der Waals surface area contributed by atoms with Gasteiger partial charge in [0.15, 0.2) is 0 Å². The molecule has 0 unspecified atom stereocenters. The van der Waals surface area contributed by atoms with Gasteiger partial charge in [-0.2, -0.15) is 0 Å². The van der Waals surface area contributed by atoms with Crippen molar-refractivity contribution < 1.29 is 9.90 Å². The molecule has 0 aromatic carbocycles. The van der Waals surface area contributed by atoms with E-state index in [9.17, 15) is 9.70 Å². The molecule has 0 aliphatic rings. The minimum atomic E-state index is -0.718. The molecule has 22 heavy (non-hydrogen) atoms. The Morgan fingerprint density at radius 1 is 0.864 bits per heavy atom. The van der Waals surface area contributed by atoms with Gasteiger partial charge in [0.05, 0.1) is 5.70 Å². The smallest absolute Gasteiger partial charge is 0.303 e. The molecule has 1 N–H and O–H groups in total. The topological polar surface area (TPSA) is 66.7 Å². The average Bonchev–Trinajstić information content (AvgIpc) is 2.50. The number of nitrogens with zero attached hydrogens (tertiary/aromatic N) is 1. The van der Waals surface area contributed by atoms with Crippen LogP contribution in [0.15, 0.2) is 16.9 Å². The summed E-state index contributed by atoms with van der Waals surface area (Å²) >= 11 is 0. The summed E-state index contributed by atoms with van der Waals surface area (Å²) < 4.78 is 0. The molecule has 0 radical (unpaired) electrons. The molecule has 0 atom stereocenters. The predicted molar refractivity (Wildman–Crippen MR) is 91.8 cm³/mol. The lowest BCUT2D eigenvalue weighted by Crippen LogP contribution is -1.93. The maximum atomic E-state index is 10.8. The van der Waals surface area contributed by atoms with E-state index in [1.54, 1.807) is 0 Å². The van der Waals surface area contributed by atoms with Gasteiger partial charge in [0.2, 0.25) is 0 Å². The third-order valence-corrected chi connectivity index (χ3v) is 3.88. The highest BCUT2D eigenvalue weighted by molar-refractivity contribution is 5.66. The molecule has 0 saturated heterocycles. The molecule has 0 amide bonds. The fourth-order valence-corrected chi connectivity index (χ4v) is 2.49. The van der Waals surface area contributed by atoms with Crippen molar-refractivity contribution >= 4 is 5.97 Å². The summed E-state index contributed by atoms with van der Waals surface area (Å²) in [5.41, 5.74) is 0.694. The van der Waals surface area contributed by atoms with Crippen molar-refractivity contribution in [3.05, 3.63) is 16.7 Å². The Morgan fingerprint density at radius 2 is 1.41 bits per heavy atom. The molecule has 128 valence electrons. The van der Waals surface area contributed by atoms with E-state index in [0.717, 1.165) is 51.4 Å². The summed E-state index contributed by atoms with van der Waals surface area (Å²) in [5, 5.41) is 11.7. The Morgan fingerprint density at radius 3 is 2.00 bits per heavy atom. The van der Waals surface area contributed by atoms with Crippen molar-refractivity contribution in [2.45, 2.75) is 96.8 Å². The molecule has 0 heterocycles. The van der Waals surface area contributed by atoms with Gasteiger partial charge in [-0.1, -0.05) is 64.4 Å². The van der Waals surface area contributed by atoms with Crippen molar-refractivity contribution in [3.8, 4) is 0 Å². The number of hydrogen-bond acceptors (Lipinski definition) is 3. The summed E-state index contributed by atoms with van der Waals surface area (Å²) in [6.07, 6.45) is 16.4. The number of unbranched alkanes of at least 4 members (excludes halogenated alkanes) is 10. The van der Waals surface area contributed by atoms with Crippen molar-refractivity contribution in [1.82, 2.24) is 0 Å². The second-order valence-electron chi connectivity index (χ2n) is 6.00. The van der Waals surface area contributed by atoms with Gasteiger partial charge in [-0.05, 0) is 37.3 Å². The maximum absolute atomic E-state index is 10.8. The molecule has 0 bridgehead atoms. The quantitative estimate of drug-likeness (QED) is 0.272. The van der Waals surface area contributed by atoms with E-state index in [-0.39, 0.29) is 6.42 Å². The van der Waals surface area contributed by atoms with E-state index in [4.69, 9.17) is 5.11 Å². The van der Waals surface area contributed by atoms with E-state index in [1.807, 2.05) is 6.08 Å². The van der Waals surface area contributed by atoms with Crippen LogP contribution in [0.4, 0.5) is 0 Å². The molecule has 0 aliphatic heterocycles. The van der Waals surface area contributed by atoms with Gasteiger partial charge in [-0.3, -0.25) is 4.79 Å². The van der Waals surface area contributed by atoms with Crippen LogP contribution in [0.3, 0.4) is 0 Å². The molecule has 4 heteroatoms. The fourth-order valence-electron chi connectivity index (χ4n) is 2.49. The van der Waals surface area contributed by atoms with Gasteiger partial charge in [0, 0.05) is 6.42 Å². The van der Waals surface area contributed by atoms with Gasteiger partial charge in [0.25, 0.3) is 0 Å². The highest BCUT2D eigenvalue weighted by Crippen LogP contribution is 2.15. The molecule has 0 fully saturated rings. The van der Waals surface area contributed by atoms with Crippen LogP contribution in [0.2, 0.25) is 0 Å². The molecular weight excluding hydrogens is 278 g/mol. The largest absolute Gasteiger partial charge is 0.481 e. The molecule has 0 rings (SSSR count). The number of carboxylic acid groups (broad SMARTS) is 1. The molecule has 0 saturated carbocycles. The van der Waals surface area contributed by atoms with E-state index < -0.39 is 5.97 Å². The Hall–Kier alpha value is -1.19. The molecule has 0 aromatic rings. The molecule has 0 spiro atoms. The first-order valence-electron chi connectivity index (χ1n) is 8.95. The van der Waals surface area contributed by atoms with Gasteiger partial charge >= 0.3 is 5.97 Å². The van der Waals surface area contributed by atoms with Gasteiger partial charge in [-0.25, -0.2) is 0 Å². The first kappa shape index (κ1) is 20.8. The Labute approximate surface area is 135 Å². The van der Waals surface area contributed by atoms with Gasteiger partial charge in [0.1, 0.15) is 0 Å². The molecule has 0 aromatic heterocycles. The Kier molecular flexibility index (Phi) is 15.3. The first-order valence-corrected chi connectivity index (χ1v) is 8.95. The van der Waals surface area contributed by atoms with E-state index >= 15 is 0 Å². The summed E-state index contributed by atoms with van der Waals surface area (Å²) in [6, 6.07) is 0. The van der Waals surface area contributed by atoms with Crippen LogP contribution in [0.5, 0.6) is 0 Å². The number of allylic oxidation sites excluding steroid dienone is 2. The normalized spacial score (nSPS) is 11.6. The second-order valence-corrected chi connectivity index (χ2v) is 6.00. The van der Waals surface area contributed by atoms with Crippen molar-refractivity contribution in [2.75, 3.05) is 0 Å². The number of hydrogen-bond donors (Lipinski definition) is 1. The zero-order valence-corrected chi connectivity index (χ0v) is 14.2. The highest BCUT2D eigenvalue weighted by atomic mass is 16.4. The van der Waals surface area contributed by atoms with Crippen molar-refractivity contribution in [3.63, 3.8) is 0 Å². The van der Waals surface area contributed by atoms with E-state index in [0.29, 0.717) is 5.70 Å². The fraction of sp³-hybridized carbons (Fsp3) is 0.833. The highest BCUT2D eigenvalue weighted by Gasteiger charge is 1.99. The van der Waals surface area contributed by atoms with Crippen molar-refractivity contribution in [2.24, 2.45) is 5.18 Å². The van der Waals surface area contributed by atoms with E-state index in [2.05, 4.69) is 12.1 Å². The molecule has 0 aliphatic carbocycles. The summed E-state index contributed by atoms with van der Waals surface area (Å²) in [7, 11) is 0. The zero-order chi connectivity index (χ0) is 16.5. The van der Waals surface area contributed by atoms with Crippen LogP contribution >= 0.6 is 0 Å². The number of carboxylic acids is 1. The second kappa shape index (κ2) is 16.2. The van der Waals surface area contributed by atoms with Crippen LogP contribution in [-0.2, 0) is 4.79 Å². The molecular formula is C18H33NO3. The number of carbonyl (C=O) groups is 1. The summed E-state index contributed by atoms with van der Waals surface area (Å²) in [6.45, 7) is 2.22. The minimum absolute atomic E-state index is 0.263. The monoisotopic (exact) mass is 311 g/mol. The average molecular weight is 311 g/mol. The first-order chi connectivity index (χ1) is 10.7. The SMILES string of the molecule is CCCCCCCC/C=C(\CCCCCCCC(=O)O)N=O. The van der Waals surface area contributed by atoms with Crippen LogP contribution in [-0.4, -0.2) is 11.1 Å². The van der Waals surface area contributed by atoms with Gasteiger partial charge in [-0.15, -0.1) is 4.91 Å². The Bertz CT molecular complexity index is 313. The third-order valence-electron chi connectivity index (χ3n) is 3.88. The Balaban J connectivity index is 3.50. The lowest BCUT2D eigenvalue weighted by molar-refractivity contribution is -0.137. The van der Waals surface area contributed by atoms with Crippen LogP contribution in [0, 0.1) is 4.91 Å². The van der Waals surface area contributed by atoms with Crippen LogP contribution in [0.25, 0.3) is 0 Å². The maximum Gasteiger partial charge on any atom is 0.303 e. The van der Waals surface area contributed by atoms with E-state index in [1.165, 1.54) is 32.1 Å². The minimum Gasteiger partial charge on any atom is -0.481 e. The predicted octanol–water partition coefficient (Wildman–Crippen LogP) is 6.20. The summed E-state index contributed by atoms with van der Waals surface area (Å²) in [5.74, 6) is -0.718. The van der Waals surface area contributed by atoms with Crippen molar-refractivity contribution in [1.29, 1.82) is 0 Å². The van der Waals surface area contributed by atoms with Crippen LogP contribution in [0.1, 0.15) is 96.8 Å². The zero-order valence-electron chi connectivity index (χ0n) is 14.2. The lowest BCUT2D eigenvalue weighted by Gasteiger charge is -2.01. The van der Waals surface area contributed by atoms with Gasteiger partial charge < -0.3 is 5.11 Å². The molecule has 4 nitrogen and oxygen atoms in total. The third kappa shape index (κ3) is 15.2. The number of nitroso groups, excluding NO2 is 1. The standard InChI is InChI=1S/C18H33NO3/c1-2-3-4-5-6-8-11-14-17(19-22)15-12-9-7-10-13-16-18(20)21/h14H,2-13,15-16H2,1H3,(H,20,21)/b17-14+. The lowest BCUT2D eigenvalue weighted by atomic mass is 10.1. The van der Waals surface area contributed by atoms with Crippen LogP contribution < -0.4 is 0 Å².